The van der Waals surface area contributed by atoms with Gasteiger partial charge < -0.3 is 9.80 Å². The average Bonchev–Trinajstić information content (AvgIpc) is 2.67. The number of hydrogen-bond acceptors (Lipinski definition) is 4. The van der Waals surface area contributed by atoms with Crippen LogP contribution in [0.3, 0.4) is 0 Å². The van der Waals surface area contributed by atoms with E-state index in [9.17, 15) is 14.4 Å². The molecular weight excluding hydrogens is 332 g/mol. The van der Waals surface area contributed by atoms with Crippen LogP contribution in [0.25, 0.3) is 0 Å². The van der Waals surface area contributed by atoms with Gasteiger partial charge in [0.2, 0.25) is 5.91 Å². The number of hydrogen-bond donors (Lipinski definition) is 1. The number of amides is 2. The summed E-state index contributed by atoms with van der Waals surface area (Å²) in [4.78, 5) is 39.3. The van der Waals surface area contributed by atoms with E-state index in [4.69, 9.17) is 0 Å². The lowest BCUT2D eigenvalue weighted by atomic mass is 10.0. The van der Waals surface area contributed by atoms with Crippen LogP contribution in [-0.4, -0.2) is 58.0 Å². The molecule has 1 saturated heterocycles. The highest BCUT2D eigenvalue weighted by atomic mass is 16.2. The van der Waals surface area contributed by atoms with Gasteiger partial charge in [-0.25, -0.2) is 5.10 Å². The van der Waals surface area contributed by atoms with Crippen molar-refractivity contribution < 1.29 is 9.59 Å². The van der Waals surface area contributed by atoms with Gasteiger partial charge in [0.1, 0.15) is 5.69 Å². The first kappa shape index (κ1) is 17.8. The number of carbonyl (C=O) groups is 2. The minimum Gasteiger partial charge on any atom is -0.339 e. The molecular formula is C19H22N4O3. The molecule has 0 aliphatic carbocycles. The molecule has 2 amide bonds. The van der Waals surface area contributed by atoms with Crippen molar-refractivity contribution in [1.82, 2.24) is 20.0 Å². The lowest BCUT2D eigenvalue weighted by Gasteiger charge is -2.34. The Kier molecular flexibility index (Phi) is 5.46. The summed E-state index contributed by atoms with van der Waals surface area (Å²) in [7, 11) is 0. The molecule has 7 heteroatoms. The molecule has 0 saturated carbocycles. The smallest absolute Gasteiger partial charge is 0.274 e. The van der Waals surface area contributed by atoms with Crippen LogP contribution in [0.2, 0.25) is 0 Å². The van der Waals surface area contributed by atoms with Gasteiger partial charge >= 0.3 is 0 Å². The topological polar surface area (TPSA) is 86.4 Å². The Hall–Kier alpha value is -2.96. The predicted octanol–water partition coefficient (Wildman–Crippen LogP) is 0.996. The molecule has 1 N–H and O–H groups in total. The van der Waals surface area contributed by atoms with Crippen LogP contribution in [-0.2, 0) is 11.2 Å². The number of aromatic nitrogens is 2. The number of benzene rings is 1. The summed E-state index contributed by atoms with van der Waals surface area (Å²) in [6.07, 6.45) is 1.20. The van der Waals surface area contributed by atoms with E-state index in [0.717, 1.165) is 6.42 Å². The van der Waals surface area contributed by atoms with Crippen molar-refractivity contribution in [3.8, 4) is 0 Å². The molecule has 1 aromatic heterocycles. The molecule has 0 bridgehead atoms. The Labute approximate surface area is 151 Å². The average molecular weight is 354 g/mol. The number of carbonyl (C=O) groups excluding carboxylic acids is 2. The van der Waals surface area contributed by atoms with Gasteiger partial charge in [-0.15, -0.1) is 0 Å². The zero-order valence-corrected chi connectivity index (χ0v) is 14.8. The summed E-state index contributed by atoms with van der Waals surface area (Å²) in [6, 6.07) is 10.8. The number of rotatable bonds is 4. The third-order valence-electron chi connectivity index (χ3n) is 4.69. The quantitative estimate of drug-likeness (QED) is 0.887. The predicted molar refractivity (Wildman–Crippen MR) is 96.8 cm³/mol. The van der Waals surface area contributed by atoms with Crippen LogP contribution in [0.1, 0.15) is 28.0 Å². The fourth-order valence-corrected chi connectivity index (χ4v) is 3.07. The van der Waals surface area contributed by atoms with E-state index in [2.05, 4.69) is 29.3 Å². The number of aromatic amines is 1. The zero-order valence-electron chi connectivity index (χ0n) is 14.8. The first-order valence-corrected chi connectivity index (χ1v) is 8.72. The second-order valence-corrected chi connectivity index (χ2v) is 6.41. The highest BCUT2D eigenvalue weighted by Gasteiger charge is 2.25. The summed E-state index contributed by atoms with van der Waals surface area (Å²) in [5.74, 6) is -0.115. The van der Waals surface area contributed by atoms with E-state index in [0.29, 0.717) is 32.6 Å². The molecule has 1 aliphatic heterocycles. The maximum atomic E-state index is 12.4. The molecule has 1 fully saturated rings. The molecule has 0 spiro atoms. The van der Waals surface area contributed by atoms with Crippen molar-refractivity contribution in [2.75, 3.05) is 26.2 Å². The molecule has 26 heavy (non-hydrogen) atoms. The monoisotopic (exact) mass is 354 g/mol. The fourth-order valence-electron chi connectivity index (χ4n) is 3.07. The van der Waals surface area contributed by atoms with Crippen molar-refractivity contribution in [2.24, 2.45) is 0 Å². The molecule has 0 atom stereocenters. The number of aryl methyl sites for hydroxylation is 2. The van der Waals surface area contributed by atoms with E-state index < -0.39 is 0 Å². The van der Waals surface area contributed by atoms with Crippen LogP contribution in [0.15, 0.2) is 41.2 Å². The standard InChI is InChI=1S/C19H22N4O3/c1-14-4-2-3-5-15(14)6-9-18(25)22-10-12-23(13-11-22)19(26)16-7-8-17(24)21-20-16/h2-5,7-8H,6,9-13H2,1H3,(H,21,24). The summed E-state index contributed by atoms with van der Waals surface area (Å²) < 4.78 is 0. The first-order chi connectivity index (χ1) is 12.5. The summed E-state index contributed by atoms with van der Waals surface area (Å²) in [6.45, 7) is 4.02. The molecule has 1 aliphatic rings. The van der Waals surface area contributed by atoms with E-state index in [-0.39, 0.29) is 23.1 Å². The van der Waals surface area contributed by atoms with E-state index >= 15 is 0 Å². The van der Waals surface area contributed by atoms with Gasteiger partial charge in [0, 0.05) is 38.7 Å². The van der Waals surface area contributed by atoms with Gasteiger partial charge in [-0.3, -0.25) is 14.4 Å². The van der Waals surface area contributed by atoms with Crippen LogP contribution in [0, 0.1) is 6.92 Å². The Morgan fingerprint density at radius 2 is 1.73 bits per heavy atom. The minimum atomic E-state index is -0.342. The lowest BCUT2D eigenvalue weighted by Crippen LogP contribution is -2.50. The Morgan fingerprint density at radius 3 is 2.38 bits per heavy atom. The molecule has 1 aromatic carbocycles. The second kappa shape index (κ2) is 7.95. The van der Waals surface area contributed by atoms with Gasteiger partial charge in [-0.05, 0) is 30.5 Å². The Morgan fingerprint density at radius 1 is 1.04 bits per heavy atom. The van der Waals surface area contributed by atoms with Crippen molar-refractivity contribution in [1.29, 1.82) is 0 Å². The van der Waals surface area contributed by atoms with Gasteiger partial charge in [-0.1, -0.05) is 24.3 Å². The maximum Gasteiger partial charge on any atom is 0.274 e. The maximum absolute atomic E-state index is 12.4. The third-order valence-corrected chi connectivity index (χ3v) is 4.69. The molecule has 7 nitrogen and oxygen atoms in total. The summed E-state index contributed by atoms with van der Waals surface area (Å²) >= 11 is 0. The minimum absolute atomic E-state index is 0.113. The van der Waals surface area contributed by atoms with E-state index in [1.807, 2.05) is 17.0 Å². The molecule has 2 heterocycles. The van der Waals surface area contributed by atoms with Crippen LogP contribution in [0.4, 0.5) is 0 Å². The van der Waals surface area contributed by atoms with Crippen LogP contribution < -0.4 is 5.56 Å². The largest absolute Gasteiger partial charge is 0.339 e. The van der Waals surface area contributed by atoms with Crippen molar-refractivity contribution in [3.05, 3.63) is 63.6 Å². The molecule has 0 radical (unpaired) electrons. The second-order valence-electron chi connectivity index (χ2n) is 6.41. The van der Waals surface area contributed by atoms with E-state index in [1.54, 1.807) is 4.90 Å². The molecule has 2 aromatic rings. The van der Waals surface area contributed by atoms with E-state index in [1.165, 1.54) is 23.3 Å². The molecule has 3 rings (SSSR count). The molecule has 0 unspecified atom stereocenters. The highest BCUT2D eigenvalue weighted by Crippen LogP contribution is 2.12. The SMILES string of the molecule is Cc1ccccc1CCC(=O)N1CCN(C(=O)c2ccc(=O)[nH]n2)CC1. The van der Waals surface area contributed by atoms with Crippen molar-refractivity contribution in [3.63, 3.8) is 0 Å². The summed E-state index contributed by atoms with van der Waals surface area (Å²) in [5.41, 5.74) is 2.26. The third kappa shape index (κ3) is 4.17. The Balaban J connectivity index is 1.50. The lowest BCUT2D eigenvalue weighted by molar-refractivity contribution is -0.132. The van der Waals surface area contributed by atoms with Crippen molar-refractivity contribution in [2.45, 2.75) is 19.8 Å². The first-order valence-electron chi connectivity index (χ1n) is 8.72. The normalized spacial score (nSPS) is 14.3. The number of H-pyrrole nitrogens is 1. The number of nitrogens with zero attached hydrogens (tertiary/aromatic N) is 3. The van der Waals surface area contributed by atoms with Crippen LogP contribution >= 0.6 is 0 Å². The van der Waals surface area contributed by atoms with Gasteiger partial charge in [-0.2, -0.15) is 5.10 Å². The van der Waals surface area contributed by atoms with Gasteiger partial charge in [0.05, 0.1) is 0 Å². The van der Waals surface area contributed by atoms with Gasteiger partial charge in [0.15, 0.2) is 0 Å². The number of nitrogens with one attached hydrogen (secondary N) is 1. The fraction of sp³-hybridized carbons (Fsp3) is 0.368. The Bertz CT molecular complexity index is 833. The van der Waals surface area contributed by atoms with Crippen LogP contribution in [0.5, 0.6) is 0 Å². The number of piperazine rings is 1. The summed E-state index contributed by atoms with van der Waals surface area (Å²) in [5, 5.41) is 6.04. The highest BCUT2D eigenvalue weighted by molar-refractivity contribution is 5.92. The zero-order chi connectivity index (χ0) is 18.5. The molecule has 136 valence electrons. The van der Waals surface area contributed by atoms with Gasteiger partial charge in [0.25, 0.3) is 11.5 Å². The van der Waals surface area contributed by atoms with Crippen molar-refractivity contribution >= 4 is 11.8 Å².